The molecule has 0 aliphatic heterocycles. The zero-order valence-corrected chi connectivity index (χ0v) is 15.1. The van der Waals surface area contributed by atoms with Gasteiger partial charge < -0.3 is 10.1 Å². The molecule has 0 saturated heterocycles. The maximum absolute atomic E-state index is 12.9. The Balaban J connectivity index is 1.72. The highest BCUT2D eigenvalue weighted by Gasteiger charge is 2.20. The van der Waals surface area contributed by atoms with E-state index in [2.05, 4.69) is 20.6 Å². The van der Waals surface area contributed by atoms with Crippen molar-refractivity contribution in [3.05, 3.63) is 90.0 Å². The van der Waals surface area contributed by atoms with Gasteiger partial charge in [-0.05, 0) is 41.0 Å². The van der Waals surface area contributed by atoms with Gasteiger partial charge in [-0.25, -0.2) is 0 Å². The van der Waals surface area contributed by atoms with Crippen LogP contribution in [0.25, 0.3) is 0 Å². The largest absolute Gasteiger partial charge is 0.497 e. The van der Waals surface area contributed by atoms with Crippen LogP contribution in [0, 0.1) is 0 Å². The topological polar surface area (TPSA) is 76.1 Å². The summed E-state index contributed by atoms with van der Waals surface area (Å²) in [7, 11) is 1.62. The third-order valence-electron chi connectivity index (χ3n) is 4.13. The maximum Gasteiger partial charge on any atom is 0.242 e. The van der Waals surface area contributed by atoms with E-state index < -0.39 is 6.04 Å². The molecule has 3 rings (SSSR count). The van der Waals surface area contributed by atoms with Crippen LogP contribution in [0.5, 0.6) is 5.75 Å². The molecule has 0 bridgehead atoms. The first kappa shape index (κ1) is 18.5. The summed E-state index contributed by atoms with van der Waals surface area (Å²) in [6.45, 7) is 0.957. The maximum atomic E-state index is 12.9. The molecule has 27 heavy (non-hydrogen) atoms. The van der Waals surface area contributed by atoms with Crippen molar-refractivity contribution in [2.45, 2.75) is 19.1 Å². The Labute approximate surface area is 158 Å². The molecule has 0 fully saturated rings. The van der Waals surface area contributed by atoms with E-state index in [0.29, 0.717) is 13.1 Å². The lowest BCUT2D eigenvalue weighted by molar-refractivity contribution is -0.123. The second-order valence-corrected chi connectivity index (χ2v) is 6.03. The standard InChI is InChI=1S/C21H22N4O2/c1-27-19-8-6-18(7-9-19)20(24-14-16-4-2-10-22-12-16)21(26)25-15-17-5-3-11-23-13-17/h2-13,20,24H,14-15H2,1H3,(H,25,26). The van der Waals surface area contributed by atoms with Crippen molar-refractivity contribution >= 4 is 5.91 Å². The number of hydrogen-bond donors (Lipinski definition) is 2. The van der Waals surface area contributed by atoms with E-state index in [9.17, 15) is 4.79 Å². The zero-order chi connectivity index (χ0) is 18.9. The lowest BCUT2D eigenvalue weighted by Crippen LogP contribution is -2.37. The number of methoxy groups -OCH3 is 1. The Hall–Kier alpha value is -3.25. The normalized spacial score (nSPS) is 11.6. The number of carbonyl (C=O) groups is 1. The number of amides is 1. The minimum Gasteiger partial charge on any atom is -0.497 e. The smallest absolute Gasteiger partial charge is 0.242 e. The molecule has 1 atom stereocenters. The fourth-order valence-electron chi connectivity index (χ4n) is 2.67. The van der Waals surface area contributed by atoms with E-state index in [4.69, 9.17) is 4.74 Å². The number of carbonyl (C=O) groups excluding carboxylic acids is 1. The molecule has 6 nitrogen and oxygen atoms in total. The first-order valence-electron chi connectivity index (χ1n) is 8.69. The summed E-state index contributed by atoms with van der Waals surface area (Å²) in [5, 5.41) is 6.29. The van der Waals surface area contributed by atoms with Crippen molar-refractivity contribution in [1.29, 1.82) is 0 Å². The van der Waals surface area contributed by atoms with E-state index in [1.165, 1.54) is 0 Å². The van der Waals surface area contributed by atoms with E-state index in [1.807, 2.05) is 48.5 Å². The molecule has 0 aliphatic carbocycles. The predicted molar refractivity (Wildman–Crippen MR) is 103 cm³/mol. The van der Waals surface area contributed by atoms with E-state index >= 15 is 0 Å². The average molecular weight is 362 g/mol. The van der Waals surface area contributed by atoms with Crippen LogP contribution in [0.15, 0.2) is 73.3 Å². The van der Waals surface area contributed by atoms with Gasteiger partial charge in [0, 0.05) is 37.9 Å². The van der Waals surface area contributed by atoms with Crippen molar-refractivity contribution in [2.75, 3.05) is 7.11 Å². The molecular formula is C21H22N4O2. The molecule has 0 radical (unpaired) electrons. The fraction of sp³-hybridized carbons (Fsp3) is 0.190. The number of hydrogen-bond acceptors (Lipinski definition) is 5. The lowest BCUT2D eigenvalue weighted by atomic mass is 10.1. The molecule has 6 heteroatoms. The fourth-order valence-corrected chi connectivity index (χ4v) is 2.67. The summed E-state index contributed by atoms with van der Waals surface area (Å²) < 4.78 is 5.21. The predicted octanol–water partition coefficient (Wildman–Crippen LogP) is 2.63. The van der Waals surface area contributed by atoms with E-state index in [1.54, 1.807) is 31.9 Å². The SMILES string of the molecule is COc1ccc(C(NCc2cccnc2)C(=O)NCc2cccnc2)cc1. The van der Waals surface area contributed by atoms with Gasteiger partial charge >= 0.3 is 0 Å². The van der Waals surface area contributed by atoms with Crippen molar-refractivity contribution in [1.82, 2.24) is 20.6 Å². The number of rotatable bonds is 8. The van der Waals surface area contributed by atoms with Gasteiger partial charge in [0.05, 0.1) is 7.11 Å². The van der Waals surface area contributed by atoms with E-state index in [0.717, 1.165) is 22.4 Å². The van der Waals surface area contributed by atoms with Crippen LogP contribution in [-0.4, -0.2) is 23.0 Å². The van der Waals surface area contributed by atoms with Gasteiger partial charge in [0.15, 0.2) is 0 Å². The van der Waals surface area contributed by atoms with Crippen LogP contribution >= 0.6 is 0 Å². The van der Waals surface area contributed by atoms with Gasteiger partial charge in [-0.3, -0.25) is 20.1 Å². The van der Waals surface area contributed by atoms with Crippen LogP contribution in [0.1, 0.15) is 22.7 Å². The Bertz CT molecular complexity index is 839. The van der Waals surface area contributed by atoms with Crippen molar-refractivity contribution < 1.29 is 9.53 Å². The van der Waals surface area contributed by atoms with E-state index in [-0.39, 0.29) is 5.91 Å². The number of nitrogens with one attached hydrogen (secondary N) is 2. The van der Waals surface area contributed by atoms with Crippen LogP contribution < -0.4 is 15.4 Å². The lowest BCUT2D eigenvalue weighted by Gasteiger charge is -2.19. The highest BCUT2D eigenvalue weighted by atomic mass is 16.5. The summed E-state index contributed by atoms with van der Waals surface area (Å²) in [6.07, 6.45) is 6.96. The second kappa shape index (κ2) is 9.45. The summed E-state index contributed by atoms with van der Waals surface area (Å²) in [4.78, 5) is 21.0. The number of benzene rings is 1. The zero-order valence-electron chi connectivity index (χ0n) is 15.1. The van der Waals surface area contributed by atoms with Gasteiger partial charge in [-0.1, -0.05) is 24.3 Å². The second-order valence-electron chi connectivity index (χ2n) is 6.03. The van der Waals surface area contributed by atoms with Gasteiger partial charge in [0.2, 0.25) is 5.91 Å². The highest BCUT2D eigenvalue weighted by Crippen LogP contribution is 2.19. The molecule has 1 aromatic carbocycles. The van der Waals surface area contributed by atoms with Gasteiger partial charge in [0.25, 0.3) is 0 Å². The first-order valence-corrected chi connectivity index (χ1v) is 8.69. The molecule has 0 aliphatic rings. The molecule has 1 amide bonds. The van der Waals surface area contributed by atoms with Crippen molar-refractivity contribution in [3.63, 3.8) is 0 Å². The number of pyridine rings is 2. The molecule has 0 saturated carbocycles. The molecule has 2 N–H and O–H groups in total. The van der Waals surface area contributed by atoms with Crippen molar-refractivity contribution in [3.8, 4) is 5.75 Å². The molecule has 3 aromatic rings. The first-order chi connectivity index (χ1) is 13.3. The monoisotopic (exact) mass is 362 g/mol. The number of ether oxygens (including phenoxy) is 1. The molecule has 2 aromatic heterocycles. The van der Waals surface area contributed by atoms with Crippen LogP contribution in [0.4, 0.5) is 0 Å². The Kier molecular flexibility index (Phi) is 6.49. The molecule has 2 heterocycles. The quantitative estimate of drug-likeness (QED) is 0.644. The summed E-state index contributed by atoms with van der Waals surface area (Å²) in [5.74, 6) is 0.647. The number of nitrogens with zero attached hydrogens (tertiary/aromatic N) is 2. The third-order valence-corrected chi connectivity index (χ3v) is 4.13. The Morgan fingerprint density at radius 2 is 1.59 bits per heavy atom. The molecule has 138 valence electrons. The van der Waals surface area contributed by atoms with Crippen LogP contribution in [0.2, 0.25) is 0 Å². The van der Waals surface area contributed by atoms with Gasteiger partial charge in [0.1, 0.15) is 11.8 Å². The number of aromatic nitrogens is 2. The van der Waals surface area contributed by atoms with Crippen molar-refractivity contribution in [2.24, 2.45) is 0 Å². The highest BCUT2D eigenvalue weighted by molar-refractivity contribution is 5.83. The molecule has 0 spiro atoms. The van der Waals surface area contributed by atoms with Crippen LogP contribution in [0.3, 0.4) is 0 Å². The average Bonchev–Trinajstić information content (AvgIpc) is 2.74. The Morgan fingerprint density at radius 1 is 0.963 bits per heavy atom. The van der Waals surface area contributed by atoms with Gasteiger partial charge in [-0.2, -0.15) is 0 Å². The minimum atomic E-state index is -0.493. The summed E-state index contributed by atoms with van der Waals surface area (Å²) >= 11 is 0. The van der Waals surface area contributed by atoms with Gasteiger partial charge in [-0.15, -0.1) is 0 Å². The van der Waals surface area contributed by atoms with Crippen LogP contribution in [-0.2, 0) is 17.9 Å². The molecular weight excluding hydrogens is 340 g/mol. The minimum absolute atomic E-state index is 0.104. The summed E-state index contributed by atoms with van der Waals surface area (Å²) in [6, 6.07) is 14.6. The molecule has 1 unspecified atom stereocenters. The Morgan fingerprint density at radius 3 is 2.15 bits per heavy atom. The third kappa shape index (κ3) is 5.36. The summed E-state index contributed by atoms with van der Waals surface area (Å²) in [5.41, 5.74) is 2.83.